The topological polar surface area (TPSA) is 73.6 Å². The average molecular weight is 406 g/mol. The van der Waals surface area contributed by atoms with Gasteiger partial charge in [-0.1, -0.05) is 18.2 Å². The van der Waals surface area contributed by atoms with Crippen molar-refractivity contribution >= 4 is 22.1 Å². The Hall–Kier alpha value is -4.39. The molecule has 0 spiro atoms. The van der Waals surface area contributed by atoms with Crippen LogP contribution in [-0.2, 0) is 7.05 Å². The molecule has 7 heteroatoms. The number of para-hydroxylation sites is 1. The molecule has 0 saturated heterocycles. The van der Waals surface area contributed by atoms with Crippen LogP contribution >= 0.6 is 0 Å². The Morgan fingerprint density at radius 1 is 0.968 bits per heavy atom. The van der Waals surface area contributed by atoms with E-state index in [2.05, 4.69) is 20.1 Å². The SMILES string of the molecule is Cn1cc(-c2ccnc3c(-n4cnc5cc(Oc6ccccc6)ccc54)c[nH]c23)cn1. The molecule has 0 saturated carbocycles. The molecule has 0 fully saturated rings. The third-order valence-corrected chi connectivity index (χ3v) is 5.32. The maximum Gasteiger partial charge on any atom is 0.129 e. The lowest BCUT2D eigenvalue weighted by atomic mass is 10.1. The number of nitrogens with zero attached hydrogens (tertiary/aromatic N) is 5. The number of aryl methyl sites for hydroxylation is 1. The largest absolute Gasteiger partial charge is 0.457 e. The molecular weight excluding hydrogens is 388 g/mol. The Morgan fingerprint density at radius 2 is 1.87 bits per heavy atom. The number of hydrogen-bond donors (Lipinski definition) is 1. The first-order chi connectivity index (χ1) is 15.3. The van der Waals surface area contributed by atoms with Crippen LogP contribution in [0.4, 0.5) is 0 Å². The Balaban J connectivity index is 1.42. The van der Waals surface area contributed by atoms with Crippen LogP contribution in [0.5, 0.6) is 11.5 Å². The fourth-order valence-corrected chi connectivity index (χ4v) is 3.87. The van der Waals surface area contributed by atoms with E-state index in [1.807, 2.05) is 97.3 Å². The molecule has 6 rings (SSSR count). The standard InChI is InChI=1S/C24H18N6O/c1-29-14-16(12-28-29)19-9-10-25-24-22(13-26-23(19)24)30-15-27-20-11-18(7-8-21(20)30)31-17-5-3-2-4-6-17/h2-15,26H,1H3. The monoisotopic (exact) mass is 406 g/mol. The minimum atomic E-state index is 0.750. The molecule has 4 heterocycles. The van der Waals surface area contributed by atoms with Gasteiger partial charge in [0.15, 0.2) is 0 Å². The third kappa shape index (κ3) is 2.95. The molecule has 2 aromatic carbocycles. The Kier molecular flexibility index (Phi) is 3.86. The molecule has 0 radical (unpaired) electrons. The number of rotatable bonds is 4. The Bertz CT molecular complexity index is 1530. The summed E-state index contributed by atoms with van der Waals surface area (Å²) in [5.41, 5.74) is 6.73. The van der Waals surface area contributed by atoms with E-state index in [9.17, 15) is 0 Å². The first-order valence-electron chi connectivity index (χ1n) is 9.92. The summed E-state index contributed by atoms with van der Waals surface area (Å²) in [6, 6.07) is 17.6. The molecule has 0 bridgehead atoms. The highest BCUT2D eigenvalue weighted by Crippen LogP contribution is 2.32. The lowest BCUT2D eigenvalue weighted by Crippen LogP contribution is -1.92. The molecule has 0 amide bonds. The molecule has 4 aromatic heterocycles. The molecule has 0 aliphatic heterocycles. The smallest absolute Gasteiger partial charge is 0.129 e. The first-order valence-corrected chi connectivity index (χ1v) is 9.92. The molecule has 0 aliphatic rings. The highest BCUT2D eigenvalue weighted by atomic mass is 16.5. The van der Waals surface area contributed by atoms with Gasteiger partial charge >= 0.3 is 0 Å². The van der Waals surface area contributed by atoms with Gasteiger partial charge in [0.25, 0.3) is 0 Å². The second kappa shape index (κ2) is 6.84. The predicted molar refractivity (Wildman–Crippen MR) is 119 cm³/mol. The summed E-state index contributed by atoms with van der Waals surface area (Å²) >= 11 is 0. The van der Waals surface area contributed by atoms with Gasteiger partial charge in [-0.25, -0.2) is 4.98 Å². The van der Waals surface area contributed by atoms with Gasteiger partial charge in [0.1, 0.15) is 23.3 Å². The fourth-order valence-electron chi connectivity index (χ4n) is 3.87. The van der Waals surface area contributed by atoms with Crippen molar-refractivity contribution in [2.75, 3.05) is 0 Å². The number of imidazole rings is 1. The highest BCUT2D eigenvalue weighted by molar-refractivity contribution is 5.97. The van der Waals surface area contributed by atoms with E-state index in [4.69, 9.17) is 4.74 Å². The van der Waals surface area contributed by atoms with Crippen molar-refractivity contribution in [2.45, 2.75) is 0 Å². The van der Waals surface area contributed by atoms with Crippen molar-refractivity contribution in [3.05, 3.63) is 85.7 Å². The minimum absolute atomic E-state index is 0.750. The van der Waals surface area contributed by atoms with Crippen LogP contribution in [0.25, 0.3) is 38.9 Å². The van der Waals surface area contributed by atoms with Gasteiger partial charge in [-0.15, -0.1) is 0 Å². The molecule has 6 aromatic rings. The van der Waals surface area contributed by atoms with E-state index in [0.29, 0.717) is 0 Å². The zero-order valence-electron chi connectivity index (χ0n) is 16.7. The lowest BCUT2D eigenvalue weighted by molar-refractivity contribution is 0.483. The highest BCUT2D eigenvalue weighted by Gasteiger charge is 2.15. The van der Waals surface area contributed by atoms with Gasteiger partial charge in [0.2, 0.25) is 0 Å². The number of nitrogens with one attached hydrogen (secondary N) is 1. The molecule has 31 heavy (non-hydrogen) atoms. The quantitative estimate of drug-likeness (QED) is 0.442. The zero-order valence-corrected chi connectivity index (χ0v) is 16.7. The van der Waals surface area contributed by atoms with E-state index in [1.165, 1.54) is 0 Å². The Morgan fingerprint density at radius 3 is 2.71 bits per heavy atom. The van der Waals surface area contributed by atoms with E-state index in [1.54, 1.807) is 4.68 Å². The molecule has 0 unspecified atom stereocenters. The molecule has 7 nitrogen and oxygen atoms in total. The van der Waals surface area contributed by atoms with Gasteiger partial charge in [0, 0.05) is 42.8 Å². The number of fused-ring (bicyclic) bond motifs is 2. The van der Waals surface area contributed by atoms with Crippen molar-refractivity contribution in [3.63, 3.8) is 0 Å². The number of pyridine rings is 1. The maximum atomic E-state index is 5.95. The normalized spacial score (nSPS) is 11.4. The molecule has 150 valence electrons. The lowest BCUT2D eigenvalue weighted by Gasteiger charge is -2.06. The van der Waals surface area contributed by atoms with E-state index >= 15 is 0 Å². The van der Waals surface area contributed by atoms with Crippen molar-refractivity contribution in [3.8, 4) is 28.3 Å². The second-order valence-electron chi connectivity index (χ2n) is 7.34. The van der Waals surface area contributed by atoms with Crippen LogP contribution in [0.3, 0.4) is 0 Å². The van der Waals surface area contributed by atoms with E-state index in [-0.39, 0.29) is 0 Å². The summed E-state index contributed by atoms with van der Waals surface area (Å²) in [5, 5.41) is 4.29. The van der Waals surface area contributed by atoms with Gasteiger partial charge in [-0.05, 0) is 30.3 Å². The van der Waals surface area contributed by atoms with Crippen LogP contribution in [0, 0.1) is 0 Å². The predicted octanol–water partition coefficient (Wildman–Crippen LogP) is 5.09. The number of hydrogen-bond acceptors (Lipinski definition) is 4. The van der Waals surface area contributed by atoms with Crippen LogP contribution in [0.1, 0.15) is 0 Å². The summed E-state index contributed by atoms with van der Waals surface area (Å²) in [6.45, 7) is 0. The summed E-state index contributed by atoms with van der Waals surface area (Å²) in [4.78, 5) is 12.6. The van der Waals surface area contributed by atoms with Crippen LogP contribution in [0.2, 0.25) is 0 Å². The van der Waals surface area contributed by atoms with Gasteiger partial charge < -0.3 is 9.72 Å². The third-order valence-electron chi connectivity index (χ3n) is 5.32. The Labute approximate surface area is 177 Å². The van der Waals surface area contributed by atoms with Crippen molar-refractivity contribution in [2.24, 2.45) is 7.05 Å². The van der Waals surface area contributed by atoms with Crippen LogP contribution < -0.4 is 4.74 Å². The molecule has 0 aliphatic carbocycles. The van der Waals surface area contributed by atoms with Gasteiger partial charge in [-0.3, -0.25) is 14.2 Å². The minimum Gasteiger partial charge on any atom is -0.457 e. The molecule has 1 N–H and O–H groups in total. The van der Waals surface area contributed by atoms with Crippen LogP contribution in [-0.4, -0.2) is 29.3 Å². The second-order valence-corrected chi connectivity index (χ2v) is 7.34. The molecule has 0 atom stereocenters. The number of benzene rings is 2. The fraction of sp³-hybridized carbons (Fsp3) is 0.0417. The first kappa shape index (κ1) is 17.5. The summed E-state index contributed by atoms with van der Waals surface area (Å²) in [6.07, 6.45) is 9.46. The average Bonchev–Trinajstić information content (AvgIpc) is 3.52. The van der Waals surface area contributed by atoms with E-state index < -0.39 is 0 Å². The number of aromatic amines is 1. The summed E-state index contributed by atoms with van der Waals surface area (Å²) in [5.74, 6) is 1.55. The van der Waals surface area contributed by atoms with Crippen molar-refractivity contribution < 1.29 is 4.74 Å². The summed E-state index contributed by atoms with van der Waals surface area (Å²) < 4.78 is 9.79. The molecular formula is C24H18N6O. The van der Waals surface area contributed by atoms with Gasteiger partial charge in [0.05, 0.1) is 28.4 Å². The number of aromatic nitrogens is 6. The number of ether oxygens (including phenoxy) is 1. The van der Waals surface area contributed by atoms with Crippen LogP contribution in [0.15, 0.2) is 85.7 Å². The van der Waals surface area contributed by atoms with Crippen molar-refractivity contribution in [1.29, 1.82) is 0 Å². The zero-order chi connectivity index (χ0) is 20.8. The van der Waals surface area contributed by atoms with E-state index in [0.717, 1.165) is 50.4 Å². The number of H-pyrrole nitrogens is 1. The van der Waals surface area contributed by atoms with Crippen molar-refractivity contribution in [1.82, 2.24) is 29.3 Å². The van der Waals surface area contributed by atoms with Gasteiger partial charge in [-0.2, -0.15) is 5.10 Å². The summed E-state index contributed by atoms with van der Waals surface area (Å²) in [7, 11) is 1.91. The maximum absolute atomic E-state index is 5.95.